The number of carbonyl (C=O) groups excluding carboxylic acids is 1. The second-order valence-corrected chi connectivity index (χ2v) is 4.73. The lowest BCUT2D eigenvalue weighted by Gasteiger charge is -2.06. The smallest absolute Gasteiger partial charge is 0.224 e. The summed E-state index contributed by atoms with van der Waals surface area (Å²) in [7, 11) is 0. The normalized spacial score (nSPS) is 10.6. The number of benzene rings is 1. The van der Waals surface area contributed by atoms with Crippen molar-refractivity contribution in [2.24, 2.45) is 0 Å². The largest absolute Gasteiger partial charge is 0.392 e. The van der Waals surface area contributed by atoms with Gasteiger partial charge in [0.2, 0.25) is 5.91 Å². The Hall–Kier alpha value is -2.14. The van der Waals surface area contributed by atoms with E-state index >= 15 is 0 Å². The van der Waals surface area contributed by atoms with Crippen LogP contribution >= 0.6 is 0 Å². The first-order chi connectivity index (χ1) is 9.60. The molecule has 0 unspecified atom stereocenters. The van der Waals surface area contributed by atoms with Gasteiger partial charge in [-0.2, -0.15) is 0 Å². The summed E-state index contributed by atoms with van der Waals surface area (Å²) < 4.78 is 5.03. The third kappa shape index (κ3) is 3.45. The molecule has 0 saturated heterocycles. The van der Waals surface area contributed by atoms with Gasteiger partial charge in [-0.1, -0.05) is 29.4 Å². The van der Waals surface area contributed by atoms with Gasteiger partial charge in [0.25, 0.3) is 0 Å². The Morgan fingerprint density at radius 1 is 1.25 bits per heavy atom. The van der Waals surface area contributed by atoms with E-state index in [1.807, 2.05) is 31.2 Å². The van der Waals surface area contributed by atoms with Crippen molar-refractivity contribution in [3.8, 4) is 0 Å². The Morgan fingerprint density at radius 2 is 1.90 bits per heavy atom. The van der Waals surface area contributed by atoms with Crippen LogP contribution in [0, 0.1) is 13.8 Å². The number of aryl methyl sites for hydroxylation is 2. The van der Waals surface area contributed by atoms with E-state index in [1.165, 1.54) is 0 Å². The van der Waals surface area contributed by atoms with Gasteiger partial charge in [0.1, 0.15) is 5.76 Å². The number of amides is 1. The molecule has 1 aromatic heterocycles. The van der Waals surface area contributed by atoms with Crippen LogP contribution in [0.5, 0.6) is 0 Å². The Balaban J connectivity index is 1.89. The van der Waals surface area contributed by atoms with Gasteiger partial charge in [-0.25, -0.2) is 0 Å². The fourth-order valence-corrected chi connectivity index (χ4v) is 1.94. The minimum absolute atomic E-state index is 0.0265. The summed E-state index contributed by atoms with van der Waals surface area (Å²) >= 11 is 0. The molecule has 5 heteroatoms. The lowest BCUT2D eigenvalue weighted by Crippen LogP contribution is -2.24. The first kappa shape index (κ1) is 14.3. The summed E-state index contributed by atoms with van der Waals surface area (Å²) in [5.74, 6) is 0.621. The van der Waals surface area contributed by atoms with E-state index in [0.29, 0.717) is 12.3 Å². The molecule has 0 fully saturated rings. The molecule has 5 nitrogen and oxygen atoms in total. The first-order valence-electron chi connectivity index (χ1n) is 6.47. The zero-order valence-corrected chi connectivity index (χ0v) is 11.6. The van der Waals surface area contributed by atoms with Gasteiger partial charge in [0, 0.05) is 12.1 Å². The summed E-state index contributed by atoms with van der Waals surface area (Å²) in [5, 5.41) is 15.6. The fraction of sp³-hybridized carbons (Fsp3) is 0.333. The molecule has 0 atom stereocenters. The number of nitrogens with one attached hydrogen (secondary N) is 1. The molecule has 0 saturated carbocycles. The molecule has 2 aromatic rings. The van der Waals surface area contributed by atoms with Crippen LogP contribution in [0.2, 0.25) is 0 Å². The van der Waals surface area contributed by atoms with Crippen molar-refractivity contribution in [2.75, 3.05) is 0 Å². The standard InChI is InChI=1S/C15H18N2O3/c1-10-14(11(2)20-17-10)7-15(19)16-8-12-3-5-13(9-18)6-4-12/h3-6,18H,7-9H2,1-2H3,(H,16,19). The highest BCUT2D eigenvalue weighted by atomic mass is 16.5. The van der Waals surface area contributed by atoms with Crippen LogP contribution in [0.25, 0.3) is 0 Å². The Kier molecular flexibility index (Phi) is 4.53. The molecular weight excluding hydrogens is 256 g/mol. The number of rotatable bonds is 5. The highest BCUT2D eigenvalue weighted by Gasteiger charge is 2.13. The lowest BCUT2D eigenvalue weighted by molar-refractivity contribution is -0.120. The molecule has 2 rings (SSSR count). The SMILES string of the molecule is Cc1noc(C)c1CC(=O)NCc1ccc(CO)cc1. The summed E-state index contributed by atoms with van der Waals surface area (Å²) in [4.78, 5) is 11.9. The van der Waals surface area contributed by atoms with E-state index in [-0.39, 0.29) is 18.9 Å². The number of aromatic nitrogens is 1. The minimum Gasteiger partial charge on any atom is -0.392 e. The van der Waals surface area contributed by atoms with E-state index in [2.05, 4.69) is 10.5 Å². The molecule has 106 valence electrons. The van der Waals surface area contributed by atoms with Crippen LogP contribution in [0.15, 0.2) is 28.8 Å². The van der Waals surface area contributed by atoms with E-state index in [4.69, 9.17) is 9.63 Å². The van der Waals surface area contributed by atoms with Crippen LogP contribution in [-0.4, -0.2) is 16.2 Å². The van der Waals surface area contributed by atoms with Crippen molar-refractivity contribution in [1.82, 2.24) is 10.5 Å². The molecule has 20 heavy (non-hydrogen) atoms. The van der Waals surface area contributed by atoms with Gasteiger partial charge in [-0.3, -0.25) is 4.79 Å². The predicted molar refractivity (Wildman–Crippen MR) is 73.9 cm³/mol. The topological polar surface area (TPSA) is 75.4 Å². The predicted octanol–water partition coefficient (Wildman–Crippen LogP) is 1.64. The van der Waals surface area contributed by atoms with Gasteiger partial charge in [0.15, 0.2) is 0 Å². The summed E-state index contributed by atoms with van der Waals surface area (Å²) in [5.41, 5.74) is 3.45. The first-order valence-corrected chi connectivity index (χ1v) is 6.47. The highest BCUT2D eigenvalue weighted by Crippen LogP contribution is 2.12. The van der Waals surface area contributed by atoms with E-state index in [9.17, 15) is 4.79 Å². The maximum atomic E-state index is 11.9. The molecule has 0 aliphatic carbocycles. The number of hydrogen-bond donors (Lipinski definition) is 2. The summed E-state index contributed by atoms with van der Waals surface area (Å²) in [6, 6.07) is 7.47. The maximum Gasteiger partial charge on any atom is 0.224 e. The molecular formula is C15H18N2O3. The Morgan fingerprint density at radius 3 is 2.45 bits per heavy atom. The number of aliphatic hydroxyl groups excluding tert-OH is 1. The van der Waals surface area contributed by atoms with Crippen LogP contribution in [0.3, 0.4) is 0 Å². The monoisotopic (exact) mass is 274 g/mol. The van der Waals surface area contributed by atoms with E-state index in [1.54, 1.807) is 6.92 Å². The maximum absolute atomic E-state index is 11.9. The van der Waals surface area contributed by atoms with Crippen LogP contribution in [0.4, 0.5) is 0 Å². The van der Waals surface area contributed by atoms with E-state index < -0.39 is 0 Å². The molecule has 1 amide bonds. The van der Waals surface area contributed by atoms with Crippen molar-refractivity contribution in [1.29, 1.82) is 0 Å². The third-order valence-corrected chi connectivity index (χ3v) is 3.21. The van der Waals surface area contributed by atoms with Crippen LogP contribution in [0.1, 0.15) is 28.1 Å². The number of carbonyl (C=O) groups is 1. The molecule has 0 spiro atoms. The summed E-state index contributed by atoms with van der Waals surface area (Å²) in [6.45, 7) is 4.12. The molecule has 0 aliphatic rings. The second-order valence-electron chi connectivity index (χ2n) is 4.73. The van der Waals surface area contributed by atoms with Gasteiger partial charge in [-0.05, 0) is 25.0 Å². The Bertz CT molecular complexity index is 568. The highest BCUT2D eigenvalue weighted by molar-refractivity contribution is 5.78. The van der Waals surface area contributed by atoms with Crippen molar-refractivity contribution in [2.45, 2.75) is 33.4 Å². The molecule has 2 N–H and O–H groups in total. The van der Waals surface area contributed by atoms with Gasteiger partial charge < -0.3 is 14.9 Å². The lowest BCUT2D eigenvalue weighted by atomic mass is 10.1. The van der Waals surface area contributed by atoms with E-state index in [0.717, 1.165) is 22.4 Å². The van der Waals surface area contributed by atoms with Gasteiger partial charge in [-0.15, -0.1) is 0 Å². The molecule has 1 aromatic carbocycles. The molecule has 1 heterocycles. The fourth-order valence-electron chi connectivity index (χ4n) is 1.94. The third-order valence-electron chi connectivity index (χ3n) is 3.21. The van der Waals surface area contributed by atoms with Crippen LogP contribution in [-0.2, 0) is 24.4 Å². The van der Waals surface area contributed by atoms with Crippen LogP contribution < -0.4 is 5.32 Å². The van der Waals surface area contributed by atoms with Crippen molar-refractivity contribution >= 4 is 5.91 Å². The van der Waals surface area contributed by atoms with Crippen molar-refractivity contribution in [3.63, 3.8) is 0 Å². The zero-order chi connectivity index (χ0) is 14.5. The van der Waals surface area contributed by atoms with Gasteiger partial charge >= 0.3 is 0 Å². The average Bonchev–Trinajstić information content (AvgIpc) is 2.77. The van der Waals surface area contributed by atoms with Crippen molar-refractivity contribution < 1.29 is 14.4 Å². The Labute approximate surface area is 117 Å². The second kappa shape index (κ2) is 6.34. The van der Waals surface area contributed by atoms with Crippen molar-refractivity contribution in [3.05, 3.63) is 52.4 Å². The number of hydrogen-bond acceptors (Lipinski definition) is 4. The molecule has 0 bridgehead atoms. The molecule has 0 aliphatic heterocycles. The number of nitrogens with zero attached hydrogens (tertiary/aromatic N) is 1. The average molecular weight is 274 g/mol. The zero-order valence-electron chi connectivity index (χ0n) is 11.6. The summed E-state index contributed by atoms with van der Waals surface area (Å²) in [6.07, 6.45) is 0.274. The van der Waals surface area contributed by atoms with Gasteiger partial charge in [0.05, 0.1) is 18.7 Å². The minimum atomic E-state index is -0.0642. The quantitative estimate of drug-likeness (QED) is 0.869. The molecule has 0 radical (unpaired) electrons. The number of aliphatic hydroxyl groups is 1.